The number of likely N-dealkylation sites (N-methyl/N-ethyl adjacent to an activating group) is 1. The maximum atomic E-state index is 3.58. The Balaban J connectivity index is 1.69. The standard InChI is InChI=1S/C18H23NS/c1-19-17(11-10-14-6-3-2-4-7-14)15-8-5-9-18-16(15)12-13-20-18/h2-4,6-7,12-13,15,17,19H,5,8-11H2,1H3. The van der Waals surface area contributed by atoms with Crippen molar-refractivity contribution in [2.45, 2.75) is 44.1 Å². The largest absolute Gasteiger partial charge is 0.316 e. The van der Waals surface area contributed by atoms with Gasteiger partial charge in [0, 0.05) is 16.8 Å². The fraction of sp³-hybridized carbons (Fsp3) is 0.444. The highest BCUT2D eigenvalue weighted by Crippen LogP contribution is 2.37. The predicted octanol–water partition coefficient (Wildman–Crippen LogP) is 4.39. The first-order valence-electron chi connectivity index (χ1n) is 7.66. The molecule has 1 aromatic heterocycles. The lowest BCUT2D eigenvalue weighted by Crippen LogP contribution is -2.34. The van der Waals surface area contributed by atoms with Crippen molar-refractivity contribution in [2.75, 3.05) is 7.05 Å². The Kier molecular flexibility index (Phi) is 4.54. The summed E-state index contributed by atoms with van der Waals surface area (Å²) in [7, 11) is 2.12. The van der Waals surface area contributed by atoms with Gasteiger partial charge in [0.25, 0.3) is 0 Å². The fourth-order valence-corrected chi connectivity index (χ4v) is 4.45. The van der Waals surface area contributed by atoms with E-state index in [1.54, 1.807) is 10.4 Å². The normalized spacial score (nSPS) is 19.6. The van der Waals surface area contributed by atoms with Gasteiger partial charge < -0.3 is 5.32 Å². The molecule has 0 spiro atoms. The van der Waals surface area contributed by atoms with E-state index in [0.717, 1.165) is 0 Å². The van der Waals surface area contributed by atoms with Crippen LogP contribution in [0.1, 0.15) is 41.2 Å². The Labute approximate surface area is 126 Å². The highest BCUT2D eigenvalue weighted by Gasteiger charge is 2.27. The van der Waals surface area contributed by atoms with Gasteiger partial charge >= 0.3 is 0 Å². The van der Waals surface area contributed by atoms with Gasteiger partial charge in [-0.05, 0) is 61.7 Å². The zero-order valence-corrected chi connectivity index (χ0v) is 13.0. The zero-order chi connectivity index (χ0) is 13.8. The van der Waals surface area contributed by atoms with Crippen molar-refractivity contribution in [3.8, 4) is 0 Å². The van der Waals surface area contributed by atoms with Gasteiger partial charge in [-0.1, -0.05) is 30.3 Å². The van der Waals surface area contributed by atoms with E-state index >= 15 is 0 Å². The summed E-state index contributed by atoms with van der Waals surface area (Å²) in [6.07, 6.45) is 6.37. The first-order valence-corrected chi connectivity index (χ1v) is 8.54. The second kappa shape index (κ2) is 6.55. The molecule has 106 valence electrons. The van der Waals surface area contributed by atoms with E-state index in [1.165, 1.54) is 37.7 Å². The molecule has 1 aliphatic carbocycles. The Bertz CT molecular complexity index is 531. The quantitative estimate of drug-likeness (QED) is 0.859. The monoisotopic (exact) mass is 285 g/mol. The summed E-state index contributed by atoms with van der Waals surface area (Å²) in [4.78, 5) is 1.63. The number of rotatable bonds is 5. The van der Waals surface area contributed by atoms with Crippen LogP contribution < -0.4 is 5.32 Å². The number of nitrogens with one attached hydrogen (secondary N) is 1. The first-order chi connectivity index (χ1) is 9.88. The Hall–Kier alpha value is -1.12. The first kappa shape index (κ1) is 13.8. The molecule has 0 amide bonds. The van der Waals surface area contributed by atoms with Crippen LogP contribution in [0.2, 0.25) is 0 Å². The molecule has 1 N–H and O–H groups in total. The van der Waals surface area contributed by atoms with Gasteiger partial charge in [0.2, 0.25) is 0 Å². The van der Waals surface area contributed by atoms with Crippen LogP contribution in [-0.2, 0) is 12.8 Å². The number of hydrogen-bond donors (Lipinski definition) is 1. The summed E-state index contributed by atoms with van der Waals surface area (Å²) in [5, 5.41) is 5.85. The van der Waals surface area contributed by atoms with Crippen LogP contribution in [0, 0.1) is 0 Å². The van der Waals surface area contributed by atoms with Crippen molar-refractivity contribution in [3.63, 3.8) is 0 Å². The number of aryl methyl sites for hydroxylation is 2. The molecule has 2 unspecified atom stereocenters. The third kappa shape index (κ3) is 2.97. The van der Waals surface area contributed by atoms with Crippen LogP contribution >= 0.6 is 11.3 Å². The molecule has 0 saturated heterocycles. The van der Waals surface area contributed by atoms with Crippen LogP contribution in [0.4, 0.5) is 0 Å². The van der Waals surface area contributed by atoms with E-state index in [1.807, 2.05) is 11.3 Å². The molecule has 1 nitrogen and oxygen atoms in total. The van der Waals surface area contributed by atoms with E-state index in [4.69, 9.17) is 0 Å². The SMILES string of the molecule is CNC(CCc1ccccc1)C1CCCc2sccc21. The van der Waals surface area contributed by atoms with Gasteiger partial charge in [-0.15, -0.1) is 11.3 Å². The number of hydrogen-bond acceptors (Lipinski definition) is 2. The average molecular weight is 285 g/mol. The van der Waals surface area contributed by atoms with Crippen molar-refractivity contribution in [1.82, 2.24) is 5.32 Å². The third-order valence-electron chi connectivity index (χ3n) is 4.54. The molecule has 2 atom stereocenters. The van der Waals surface area contributed by atoms with Crippen LogP contribution in [0.25, 0.3) is 0 Å². The number of fused-ring (bicyclic) bond motifs is 1. The number of thiophene rings is 1. The molecule has 0 radical (unpaired) electrons. The summed E-state index contributed by atoms with van der Waals surface area (Å²) in [5.74, 6) is 0.707. The highest BCUT2D eigenvalue weighted by molar-refractivity contribution is 7.10. The lowest BCUT2D eigenvalue weighted by molar-refractivity contribution is 0.396. The van der Waals surface area contributed by atoms with Gasteiger partial charge in [0.05, 0.1) is 0 Å². The molecular formula is C18H23NS. The van der Waals surface area contributed by atoms with Gasteiger partial charge in [0.15, 0.2) is 0 Å². The number of benzene rings is 1. The molecule has 0 fully saturated rings. The van der Waals surface area contributed by atoms with Crippen LogP contribution in [0.3, 0.4) is 0 Å². The maximum absolute atomic E-state index is 3.58. The summed E-state index contributed by atoms with van der Waals surface area (Å²) >= 11 is 1.94. The van der Waals surface area contributed by atoms with Crippen molar-refractivity contribution < 1.29 is 0 Å². The van der Waals surface area contributed by atoms with Gasteiger partial charge in [-0.3, -0.25) is 0 Å². The zero-order valence-electron chi connectivity index (χ0n) is 12.1. The van der Waals surface area contributed by atoms with E-state index in [0.29, 0.717) is 12.0 Å². The molecular weight excluding hydrogens is 262 g/mol. The Morgan fingerprint density at radius 1 is 1.25 bits per heavy atom. The smallest absolute Gasteiger partial charge is 0.0136 e. The molecule has 0 aliphatic heterocycles. The van der Waals surface area contributed by atoms with Crippen molar-refractivity contribution in [1.29, 1.82) is 0 Å². The molecule has 20 heavy (non-hydrogen) atoms. The van der Waals surface area contributed by atoms with Crippen molar-refractivity contribution in [2.24, 2.45) is 0 Å². The molecule has 1 aliphatic rings. The minimum atomic E-state index is 0.601. The van der Waals surface area contributed by atoms with E-state index < -0.39 is 0 Å². The predicted molar refractivity (Wildman–Crippen MR) is 87.6 cm³/mol. The van der Waals surface area contributed by atoms with E-state index in [9.17, 15) is 0 Å². The second-order valence-corrected chi connectivity index (χ2v) is 6.72. The third-order valence-corrected chi connectivity index (χ3v) is 5.54. The molecule has 0 bridgehead atoms. The van der Waals surface area contributed by atoms with E-state index in [2.05, 4.69) is 54.1 Å². The van der Waals surface area contributed by atoms with Crippen molar-refractivity contribution >= 4 is 11.3 Å². The van der Waals surface area contributed by atoms with E-state index in [-0.39, 0.29) is 0 Å². The summed E-state index contributed by atoms with van der Waals surface area (Å²) in [5.41, 5.74) is 3.07. The molecule has 3 rings (SSSR count). The average Bonchev–Trinajstić information content (AvgIpc) is 2.98. The molecule has 2 aromatic rings. The Morgan fingerprint density at radius 2 is 2.10 bits per heavy atom. The molecule has 2 heteroatoms. The van der Waals surface area contributed by atoms with Crippen molar-refractivity contribution in [3.05, 3.63) is 57.8 Å². The summed E-state index contributed by atoms with van der Waals surface area (Å²) in [6, 6.07) is 13.8. The maximum Gasteiger partial charge on any atom is 0.0136 e. The summed E-state index contributed by atoms with van der Waals surface area (Å²) in [6.45, 7) is 0. The summed E-state index contributed by atoms with van der Waals surface area (Å²) < 4.78 is 0. The van der Waals surface area contributed by atoms with Gasteiger partial charge in [-0.2, -0.15) is 0 Å². The highest BCUT2D eigenvalue weighted by atomic mass is 32.1. The molecule has 1 heterocycles. The molecule has 0 saturated carbocycles. The van der Waals surface area contributed by atoms with Crippen LogP contribution in [0.15, 0.2) is 41.8 Å². The fourth-order valence-electron chi connectivity index (χ4n) is 3.45. The lowest BCUT2D eigenvalue weighted by atomic mass is 9.80. The minimum Gasteiger partial charge on any atom is -0.316 e. The second-order valence-electron chi connectivity index (χ2n) is 5.72. The Morgan fingerprint density at radius 3 is 2.90 bits per heavy atom. The molecule has 1 aromatic carbocycles. The lowest BCUT2D eigenvalue weighted by Gasteiger charge is -2.30. The van der Waals surface area contributed by atoms with Crippen LogP contribution in [-0.4, -0.2) is 13.1 Å². The topological polar surface area (TPSA) is 12.0 Å². The van der Waals surface area contributed by atoms with Gasteiger partial charge in [-0.25, -0.2) is 0 Å². The van der Waals surface area contributed by atoms with Crippen LogP contribution in [0.5, 0.6) is 0 Å². The minimum absolute atomic E-state index is 0.601. The van der Waals surface area contributed by atoms with Gasteiger partial charge in [0.1, 0.15) is 0 Å².